The van der Waals surface area contributed by atoms with Crippen LogP contribution in [0.4, 0.5) is 0 Å². The Morgan fingerprint density at radius 2 is 2.00 bits per heavy atom. The molecule has 1 unspecified atom stereocenters. The minimum absolute atomic E-state index is 0. The van der Waals surface area contributed by atoms with Crippen LogP contribution in [0.15, 0.2) is 29.3 Å². The van der Waals surface area contributed by atoms with Crippen molar-refractivity contribution in [2.45, 2.75) is 39.5 Å². The van der Waals surface area contributed by atoms with Crippen molar-refractivity contribution in [3.8, 4) is 0 Å². The van der Waals surface area contributed by atoms with E-state index in [1.54, 1.807) is 0 Å². The number of hydrogen-bond acceptors (Lipinski definition) is 3. The Morgan fingerprint density at radius 1 is 1.22 bits per heavy atom. The predicted octanol–water partition coefficient (Wildman–Crippen LogP) is 3.38. The molecule has 1 aromatic rings. The van der Waals surface area contributed by atoms with Crippen LogP contribution in [0.1, 0.15) is 43.7 Å². The van der Waals surface area contributed by atoms with E-state index in [0.717, 1.165) is 58.3 Å². The summed E-state index contributed by atoms with van der Waals surface area (Å²) in [5.41, 5.74) is 2.67. The quantitative estimate of drug-likeness (QED) is 0.242. The van der Waals surface area contributed by atoms with Gasteiger partial charge in [-0.2, -0.15) is 0 Å². The zero-order valence-electron chi connectivity index (χ0n) is 17.2. The molecule has 2 rings (SSSR count). The van der Waals surface area contributed by atoms with Crippen molar-refractivity contribution < 1.29 is 4.74 Å². The number of benzene rings is 1. The molecule has 1 fully saturated rings. The lowest BCUT2D eigenvalue weighted by molar-refractivity contribution is 0.0372. The van der Waals surface area contributed by atoms with E-state index in [4.69, 9.17) is 9.73 Å². The Kier molecular flexibility index (Phi) is 12.7. The molecule has 1 heterocycles. The molecule has 1 atom stereocenters. The number of nitrogens with one attached hydrogen (secondary N) is 2. The maximum atomic E-state index is 5.39. The topological polar surface area (TPSA) is 48.9 Å². The van der Waals surface area contributed by atoms with Crippen LogP contribution in [0.5, 0.6) is 0 Å². The molecule has 1 aliphatic rings. The third-order valence-corrected chi connectivity index (χ3v) is 4.78. The third kappa shape index (κ3) is 9.76. The molecular weight excluding hydrogens is 451 g/mol. The molecule has 1 aliphatic heterocycles. The Bertz CT molecular complexity index is 547. The summed E-state index contributed by atoms with van der Waals surface area (Å²) in [6, 6.07) is 8.72. The molecule has 2 N–H and O–H groups in total. The largest absolute Gasteiger partial charge is 0.379 e. The number of rotatable bonds is 9. The lowest BCUT2D eigenvalue weighted by Gasteiger charge is -2.26. The number of ether oxygens (including phenoxy) is 1. The molecule has 0 radical (unpaired) electrons. The van der Waals surface area contributed by atoms with E-state index in [2.05, 4.69) is 60.6 Å². The summed E-state index contributed by atoms with van der Waals surface area (Å²) in [6.45, 7) is 14.2. The number of halogens is 1. The van der Waals surface area contributed by atoms with Crippen molar-refractivity contribution in [3.63, 3.8) is 0 Å². The van der Waals surface area contributed by atoms with Gasteiger partial charge >= 0.3 is 0 Å². The number of aliphatic imine (C=N–C) groups is 1. The highest BCUT2D eigenvalue weighted by atomic mass is 127. The molecule has 6 heteroatoms. The number of guanidine groups is 1. The monoisotopic (exact) mass is 488 g/mol. The fraction of sp³-hybridized carbons (Fsp3) is 0.667. The Balaban J connectivity index is 0.00000364. The summed E-state index contributed by atoms with van der Waals surface area (Å²) in [5.74, 6) is 1.35. The summed E-state index contributed by atoms with van der Waals surface area (Å²) in [7, 11) is 0. The van der Waals surface area contributed by atoms with Crippen LogP contribution in [-0.4, -0.2) is 63.3 Å². The van der Waals surface area contributed by atoms with Crippen molar-refractivity contribution in [1.29, 1.82) is 0 Å². The molecule has 0 amide bonds. The molecule has 0 spiro atoms. The second-order valence-electron chi connectivity index (χ2n) is 7.12. The first-order chi connectivity index (χ1) is 12.7. The molecule has 0 aliphatic carbocycles. The molecular formula is C21H37IN4O. The molecule has 5 nitrogen and oxygen atoms in total. The highest BCUT2D eigenvalue weighted by Gasteiger charge is 2.09. The fourth-order valence-corrected chi connectivity index (χ4v) is 3.14. The van der Waals surface area contributed by atoms with Crippen LogP contribution >= 0.6 is 24.0 Å². The van der Waals surface area contributed by atoms with Crippen LogP contribution in [0.3, 0.4) is 0 Å². The molecule has 154 valence electrons. The fourth-order valence-electron chi connectivity index (χ4n) is 3.14. The van der Waals surface area contributed by atoms with Crippen LogP contribution < -0.4 is 10.6 Å². The summed E-state index contributed by atoms with van der Waals surface area (Å²) < 4.78 is 5.39. The predicted molar refractivity (Wildman–Crippen MR) is 125 cm³/mol. The number of hydrogen-bond donors (Lipinski definition) is 2. The summed E-state index contributed by atoms with van der Waals surface area (Å²) >= 11 is 0. The molecule has 0 saturated carbocycles. The van der Waals surface area contributed by atoms with Crippen LogP contribution in [0.25, 0.3) is 0 Å². The summed E-state index contributed by atoms with van der Waals surface area (Å²) in [5, 5.41) is 6.83. The Morgan fingerprint density at radius 3 is 2.70 bits per heavy atom. The van der Waals surface area contributed by atoms with Gasteiger partial charge in [0, 0.05) is 38.6 Å². The van der Waals surface area contributed by atoms with Crippen molar-refractivity contribution in [2.75, 3.05) is 52.5 Å². The van der Waals surface area contributed by atoms with Crippen LogP contribution in [0.2, 0.25) is 0 Å². The molecule has 1 saturated heterocycles. The minimum Gasteiger partial charge on any atom is -0.379 e. The van der Waals surface area contributed by atoms with Crippen molar-refractivity contribution in [3.05, 3.63) is 35.4 Å². The highest BCUT2D eigenvalue weighted by Crippen LogP contribution is 2.16. The third-order valence-electron chi connectivity index (χ3n) is 4.78. The van der Waals surface area contributed by atoms with Gasteiger partial charge in [0.1, 0.15) is 0 Å². The van der Waals surface area contributed by atoms with Crippen LogP contribution in [0, 0.1) is 6.92 Å². The zero-order chi connectivity index (χ0) is 18.6. The number of morpholine rings is 1. The smallest absolute Gasteiger partial charge is 0.191 e. The Labute approximate surface area is 182 Å². The van der Waals surface area contributed by atoms with E-state index in [9.17, 15) is 0 Å². The van der Waals surface area contributed by atoms with Crippen molar-refractivity contribution in [2.24, 2.45) is 4.99 Å². The van der Waals surface area contributed by atoms with Gasteiger partial charge < -0.3 is 15.4 Å². The molecule has 0 aromatic heterocycles. The van der Waals surface area contributed by atoms with Gasteiger partial charge in [0.15, 0.2) is 5.96 Å². The number of nitrogens with zero attached hydrogens (tertiary/aromatic N) is 2. The average molecular weight is 488 g/mol. The highest BCUT2D eigenvalue weighted by molar-refractivity contribution is 14.0. The first-order valence-corrected chi connectivity index (χ1v) is 10.1. The second kappa shape index (κ2) is 14.2. The van der Waals surface area contributed by atoms with Crippen molar-refractivity contribution in [1.82, 2.24) is 15.5 Å². The van der Waals surface area contributed by atoms with Gasteiger partial charge in [0.25, 0.3) is 0 Å². The van der Waals surface area contributed by atoms with E-state index in [0.29, 0.717) is 5.92 Å². The molecule has 0 bridgehead atoms. The van der Waals surface area contributed by atoms with Gasteiger partial charge in [-0.05, 0) is 38.8 Å². The van der Waals surface area contributed by atoms with E-state index < -0.39 is 0 Å². The first kappa shape index (κ1) is 24.2. The maximum Gasteiger partial charge on any atom is 0.191 e. The van der Waals surface area contributed by atoms with Gasteiger partial charge in [0.2, 0.25) is 0 Å². The lowest BCUT2D eigenvalue weighted by Crippen LogP contribution is -2.39. The number of unbranched alkanes of at least 4 members (excludes halogenated alkanes) is 1. The SMILES string of the molecule is CCNC(=NCC(C)c1cccc(C)c1)NCCCCN1CCOCC1.I. The standard InChI is InChI=1S/C21H36N4O.HI/c1-4-22-21(23-10-5-6-11-25-12-14-26-15-13-25)24-17-19(3)20-9-7-8-18(2)16-20;/h7-9,16,19H,4-6,10-15,17H2,1-3H3,(H2,22,23,24);1H. The number of aryl methyl sites for hydroxylation is 1. The Hall–Kier alpha value is -0.860. The van der Waals surface area contributed by atoms with Gasteiger partial charge in [-0.25, -0.2) is 0 Å². The summed E-state index contributed by atoms with van der Waals surface area (Å²) in [4.78, 5) is 7.27. The lowest BCUT2D eigenvalue weighted by atomic mass is 10.00. The summed E-state index contributed by atoms with van der Waals surface area (Å²) in [6.07, 6.45) is 2.38. The van der Waals surface area contributed by atoms with E-state index >= 15 is 0 Å². The van der Waals surface area contributed by atoms with Crippen LogP contribution in [-0.2, 0) is 4.74 Å². The van der Waals surface area contributed by atoms with E-state index in [1.807, 2.05) is 0 Å². The molecule has 1 aromatic carbocycles. The molecule has 27 heavy (non-hydrogen) atoms. The maximum absolute atomic E-state index is 5.39. The van der Waals surface area contributed by atoms with Crippen molar-refractivity contribution >= 4 is 29.9 Å². The second-order valence-corrected chi connectivity index (χ2v) is 7.12. The van der Waals surface area contributed by atoms with Gasteiger partial charge in [-0.3, -0.25) is 9.89 Å². The normalized spacial score (nSPS) is 16.5. The average Bonchev–Trinajstić information content (AvgIpc) is 2.66. The first-order valence-electron chi connectivity index (χ1n) is 10.1. The zero-order valence-corrected chi connectivity index (χ0v) is 19.5. The van der Waals surface area contributed by atoms with E-state index in [1.165, 1.54) is 24.1 Å². The van der Waals surface area contributed by atoms with E-state index in [-0.39, 0.29) is 24.0 Å². The minimum atomic E-state index is 0. The van der Waals surface area contributed by atoms with Gasteiger partial charge in [-0.15, -0.1) is 24.0 Å². The van der Waals surface area contributed by atoms with Gasteiger partial charge in [-0.1, -0.05) is 36.8 Å². The van der Waals surface area contributed by atoms with Gasteiger partial charge in [0.05, 0.1) is 13.2 Å².